The number of hydrogen-bond acceptors (Lipinski definition) is 10. The molecule has 0 aliphatic carbocycles. The molecule has 0 aliphatic rings. The van der Waals surface area contributed by atoms with Gasteiger partial charge < -0.3 is 9.13 Å². The van der Waals surface area contributed by atoms with Gasteiger partial charge in [0, 0.05) is 97.6 Å². The average molecular weight is 1470 g/mol. The van der Waals surface area contributed by atoms with Gasteiger partial charge in [-0.05, 0) is 89.0 Å². The highest BCUT2D eigenvalue weighted by Gasteiger charge is 2.27. The van der Waals surface area contributed by atoms with Gasteiger partial charge in [-0.1, -0.05) is 309 Å². The van der Waals surface area contributed by atoms with Crippen LogP contribution < -0.4 is 0 Å². The second-order valence-electron chi connectivity index (χ2n) is 27.7. The molecule has 0 saturated heterocycles. The number of fused-ring (bicyclic) bond motifs is 14. The van der Waals surface area contributed by atoms with Gasteiger partial charge in [0.1, 0.15) is 0 Å². The van der Waals surface area contributed by atoms with Gasteiger partial charge in [0.25, 0.3) is 0 Å². The third kappa shape index (κ3) is 11.7. The van der Waals surface area contributed by atoms with Crippen molar-refractivity contribution in [3.05, 3.63) is 376 Å². The Kier molecular flexibility index (Phi) is 16.4. The zero-order valence-corrected chi connectivity index (χ0v) is 61.7. The Hall–Kier alpha value is -14.6. The predicted molar refractivity (Wildman–Crippen MR) is 464 cm³/mol. The Bertz CT molecular complexity index is 7330. The molecule has 12 heteroatoms. The molecule has 22 rings (SSSR count). The van der Waals surface area contributed by atoms with Crippen molar-refractivity contribution in [1.29, 1.82) is 0 Å². The molecule has 524 valence electrons. The first-order valence-electron chi connectivity index (χ1n) is 37.3. The van der Waals surface area contributed by atoms with Crippen LogP contribution in [0.25, 0.3) is 209 Å². The van der Waals surface area contributed by atoms with E-state index in [0.717, 1.165) is 122 Å². The fourth-order valence-corrected chi connectivity index (χ4v) is 18.3. The van der Waals surface area contributed by atoms with Crippen molar-refractivity contribution in [1.82, 2.24) is 49.0 Å². The molecule has 112 heavy (non-hydrogen) atoms. The van der Waals surface area contributed by atoms with Crippen LogP contribution in [0.4, 0.5) is 0 Å². The van der Waals surface area contributed by atoms with E-state index in [1.165, 1.54) is 51.4 Å². The number of aromatic nitrogens is 10. The van der Waals surface area contributed by atoms with Crippen LogP contribution in [-0.2, 0) is 0 Å². The third-order valence-electron chi connectivity index (χ3n) is 20.9. The van der Waals surface area contributed by atoms with Gasteiger partial charge in [-0.15, -0.1) is 22.7 Å². The summed E-state index contributed by atoms with van der Waals surface area (Å²) >= 11 is 3.71. The first-order valence-corrected chi connectivity index (χ1v) is 38.9. The second-order valence-corrected chi connectivity index (χ2v) is 29.7. The lowest BCUT2D eigenvalue weighted by Gasteiger charge is -2.13. The predicted octanol–water partition coefficient (Wildman–Crippen LogP) is 26.1. The molecule has 0 aliphatic heterocycles. The van der Waals surface area contributed by atoms with Crippen molar-refractivity contribution < 1.29 is 0 Å². The average Bonchev–Trinajstić information content (AvgIpc) is 1.55. The summed E-state index contributed by atoms with van der Waals surface area (Å²) in [6.07, 6.45) is 0. The summed E-state index contributed by atoms with van der Waals surface area (Å²) in [6.45, 7) is 0. The number of thiophene rings is 2. The highest BCUT2D eigenvalue weighted by atomic mass is 32.1. The number of nitrogens with zero attached hydrogens (tertiary/aromatic N) is 10. The molecule has 0 bridgehead atoms. The maximum Gasteiger partial charge on any atom is 0.164 e. The van der Waals surface area contributed by atoms with Crippen molar-refractivity contribution in [2.75, 3.05) is 0 Å². The van der Waals surface area contributed by atoms with Gasteiger partial charge in [0.05, 0.1) is 53.9 Å². The summed E-state index contributed by atoms with van der Waals surface area (Å²) in [5, 5.41) is 7.10. The van der Waals surface area contributed by atoms with Gasteiger partial charge in [0.15, 0.2) is 34.9 Å². The van der Waals surface area contributed by atoms with E-state index in [0.29, 0.717) is 34.9 Å². The molecule has 0 amide bonds. The molecule has 22 aromatic rings. The van der Waals surface area contributed by atoms with Crippen LogP contribution in [0.2, 0.25) is 0 Å². The minimum Gasteiger partial charge on any atom is -0.308 e. The van der Waals surface area contributed by atoms with Crippen molar-refractivity contribution >= 4 is 107 Å². The first kappa shape index (κ1) is 65.7. The molecule has 0 unspecified atom stereocenters. The molecule has 10 nitrogen and oxygen atoms in total. The van der Waals surface area contributed by atoms with E-state index in [1.807, 2.05) is 95.5 Å². The lowest BCUT2D eigenvalue weighted by Crippen LogP contribution is -2.01. The molecule has 0 spiro atoms. The molecular weight excluding hydrogens is 1410 g/mol. The molecule has 8 heterocycles. The normalized spacial score (nSPS) is 11.6. The largest absolute Gasteiger partial charge is 0.308 e. The Morgan fingerprint density at radius 3 is 0.929 bits per heavy atom. The van der Waals surface area contributed by atoms with Crippen LogP contribution >= 0.6 is 22.7 Å². The minimum atomic E-state index is 0.612. The van der Waals surface area contributed by atoms with Crippen molar-refractivity contribution in [2.24, 2.45) is 0 Å². The SMILES string of the molecule is c1ccc(-c2ccc(-c3nc(-c4ccccc4)nc(-c4ccc(-n5c6ccccc6c6sc7c8ccccc8nc(-c8ccccc8)c7c65)cc4)n3)cc2)cc1.c1ccc(-c2cccc(-c3nc(-c4ccccc4)nc(-c4cccc(-n5c6ccccc6c6sc7c8ccccc8nc(-c8ccccc8)c7c65)c4)n3)c2)cc1. The summed E-state index contributed by atoms with van der Waals surface area (Å²) in [7, 11) is 0. The number of benzene rings is 14. The van der Waals surface area contributed by atoms with E-state index in [-0.39, 0.29) is 0 Å². The lowest BCUT2D eigenvalue weighted by atomic mass is 10.0. The van der Waals surface area contributed by atoms with Crippen LogP contribution in [0.1, 0.15) is 0 Å². The summed E-state index contributed by atoms with van der Waals surface area (Å²) in [6, 6.07) is 131. The Morgan fingerprint density at radius 1 is 0.188 bits per heavy atom. The lowest BCUT2D eigenvalue weighted by molar-refractivity contribution is 1.07. The molecular formula is C100H62N10S2. The molecule has 0 N–H and O–H groups in total. The van der Waals surface area contributed by atoms with Gasteiger partial charge in [-0.2, -0.15) is 0 Å². The van der Waals surface area contributed by atoms with Crippen molar-refractivity contribution in [3.8, 4) is 124 Å². The molecule has 0 fully saturated rings. The number of para-hydroxylation sites is 4. The van der Waals surface area contributed by atoms with Gasteiger partial charge in [0.2, 0.25) is 0 Å². The van der Waals surface area contributed by atoms with Crippen molar-refractivity contribution in [3.63, 3.8) is 0 Å². The van der Waals surface area contributed by atoms with E-state index >= 15 is 0 Å². The Labute approximate surface area is 652 Å². The molecule has 14 aromatic carbocycles. The van der Waals surface area contributed by atoms with E-state index < -0.39 is 0 Å². The van der Waals surface area contributed by atoms with Crippen LogP contribution in [0, 0.1) is 0 Å². The molecule has 0 saturated carbocycles. The number of hydrogen-bond donors (Lipinski definition) is 0. The van der Waals surface area contributed by atoms with Gasteiger partial charge in [-0.25, -0.2) is 39.9 Å². The zero-order chi connectivity index (χ0) is 74.0. The van der Waals surface area contributed by atoms with Gasteiger partial charge in [-0.3, -0.25) is 0 Å². The maximum absolute atomic E-state index is 5.33. The van der Waals surface area contributed by atoms with Crippen LogP contribution in [0.3, 0.4) is 0 Å². The zero-order valence-electron chi connectivity index (χ0n) is 60.1. The number of rotatable bonds is 12. The van der Waals surface area contributed by atoms with E-state index in [9.17, 15) is 0 Å². The molecule has 0 atom stereocenters. The Balaban J connectivity index is 0.000000141. The highest BCUT2D eigenvalue weighted by Crippen LogP contribution is 2.50. The maximum atomic E-state index is 5.33. The summed E-state index contributed by atoms with van der Waals surface area (Å²) in [5.41, 5.74) is 23.0. The smallest absolute Gasteiger partial charge is 0.164 e. The quantitative estimate of drug-likeness (QED) is 0.119. The van der Waals surface area contributed by atoms with E-state index in [4.69, 9.17) is 39.9 Å². The third-order valence-corrected chi connectivity index (χ3v) is 23.4. The molecule has 0 radical (unpaired) electrons. The van der Waals surface area contributed by atoms with Crippen LogP contribution in [-0.4, -0.2) is 49.0 Å². The topological polar surface area (TPSA) is 113 Å². The fourth-order valence-electron chi connectivity index (χ4n) is 15.6. The van der Waals surface area contributed by atoms with E-state index in [1.54, 1.807) is 0 Å². The fraction of sp³-hybridized carbons (Fsp3) is 0. The van der Waals surface area contributed by atoms with Gasteiger partial charge >= 0.3 is 0 Å². The molecule has 8 aromatic heterocycles. The standard InChI is InChI=1S/2C50H31N5S/c1-4-16-32(17-5-1)35-22-14-23-36(30-35)49-52-48(34-20-8-3-9-21-34)53-50(54-49)37-24-15-25-38(31-37)55-42-29-13-11-27-40(42)47-45(55)43-44(33-18-6-2-7-19-33)51-41-28-12-10-26-39(41)46(43)56-47;1-4-14-32(15-5-1)33-24-26-36(27-25-33)49-52-48(35-18-8-3-9-19-35)53-50(54-49)37-28-30-38(31-29-37)55-42-23-13-11-21-40(42)47-45(55)43-44(34-16-6-2-7-17-34)51-41-22-12-10-20-39(41)46(43)56-47/h2*1-31H. The van der Waals surface area contributed by atoms with E-state index in [2.05, 4.69) is 312 Å². The first-order chi connectivity index (χ1) is 55.5. The summed E-state index contributed by atoms with van der Waals surface area (Å²) in [5.74, 6) is 3.76. The summed E-state index contributed by atoms with van der Waals surface area (Å²) in [4.78, 5) is 41.0. The van der Waals surface area contributed by atoms with Crippen LogP contribution in [0.5, 0.6) is 0 Å². The minimum absolute atomic E-state index is 0.612. The monoisotopic (exact) mass is 1470 g/mol. The Morgan fingerprint density at radius 2 is 0.482 bits per heavy atom. The highest BCUT2D eigenvalue weighted by molar-refractivity contribution is 7.28. The summed E-state index contributed by atoms with van der Waals surface area (Å²) < 4.78 is 9.78. The second kappa shape index (κ2) is 27.9. The number of pyridine rings is 2. The van der Waals surface area contributed by atoms with Crippen molar-refractivity contribution in [2.45, 2.75) is 0 Å². The van der Waals surface area contributed by atoms with Crippen LogP contribution in [0.15, 0.2) is 376 Å².